The second-order valence-corrected chi connectivity index (χ2v) is 11.5. The van der Waals surface area contributed by atoms with Gasteiger partial charge in [0.1, 0.15) is 10.9 Å². The lowest BCUT2D eigenvalue weighted by Gasteiger charge is -2.21. The molecule has 0 aromatic heterocycles. The molecule has 1 unspecified atom stereocenters. The number of anilines is 1. The average Bonchev–Trinajstić information content (AvgIpc) is 3.20. The van der Waals surface area contributed by atoms with Crippen LogP contribution in [0.5, 0.6) is 0 Å². The van der Waals surface area contributed by atoms with Gasteiger partial charge in [0, 0.05) is 10.0 Å². The Morgan fingerprint density at radius 3 is 2.66 bits per heavy atom. The van der Waals surface area contributed by atoms with Gasteiger partial charge in [-0.1, -0.05) is 39.9 Å². The maximum atomic E-state index is 13.1. The van der Waals surface area contributed by atoms with Gasteiger partial charge in [-0.15, -0.1) is 0 Å². The molecule has 1 atom stereocenters. The van der Waals surface area contributed by atoms with Crippen LogP contribution in [0.3, 0.4) is 0 Å². The summed E-state index contributed by atoms with van der Waals surface area (Å²) in [5, 5.41) is 9.17. The van der Waals surface area contributed by atoms with Gasteiger partial charge in [0.2, 0.25) is 0 Å². The second-order valence-electron chi connectivity index (χ2n) is 6.75. The highest BCUT2D eigenvalue weighted by molar-refractivity contribution is 9.10. The second kappa shape index (κ2) is 7.18. The Labute approximate surface area is 184 Å². The average molecular weight is 517 g/mol. The van der Waals surface area contributed by atoms with Crippen molar-refractivity contribution in [3.8, 4) is 0 Å². The van der Waals surface area contributed by atoms with Gasteiger partial charge in [-0.05, 0) is 24.6 Å². The van der Waals surface area contributed by atoms with E-state index in [0.29, 0.717) is 22.1 Å². The number of benzene rings is 1. The maximum absolute atomic E-state index is 13.1. The van der Waals surface area contributed by atoms with Crippen molar-refractivity contribution in [2.24, 2.45) is 0 Å². The zero-order chi connectivity index (χ0) is 21.1. The number of rotatable bonds is 3. The fourth-order valence-corrected chi connectivity index (χ4v) is 7.17. The van der Waals surface area contributed by atoms with Crippen LogP contribution in [0, 0.1) is 0 Å². The number of halogens is 1. The highest BCUT2D eigenvalue weighted by Gasteiger charge is 2.46. The number of hydrogen-bond acceptors (Lipinski definition) is 7. The van der Waals surface area contributed by atoms with E-state index in [2.05, 4.69) is 15.9 Å². The van der Waals surface area contributed by atoms with Crippen molar-refractivity contribution < 1.29 is 27.9 Å². The molecule has 3 aliphatic heterocycles. The fourth-order valence-electron chi connectivity index (χ4n) is 3.64. The van der Waals surface area contributed by atoms with Gasteiger partial charge in [-0.3, -0.25) is 24.2 Å². The van der Waals surface area contributed by atoms with Crippen molar-refractivity contribution in [1.82, 2.24) is 4.90 Å². The molecule has 12 heteroatoms. The summed E-state index contributed by atoms with van der Waals surface area (Å²) in [5.74, 6) is -2.48. The highest BCUT2D eigenvalue weighted by atomic mass is 79.9. The third-order valence-electron chi connectivity index (χ3n) is 4.87. The van der Waals surface area contributed by atoms with Crippen LogP contribution in [0.15, 0.2) is 27.6 Å². The Morgan fingerprint density at radius 2 is 2.03 bits per heavy atom. The van der Waals surface area contributed by atoms with Crippen molar-refractivity contribution in [2.45, 2.75) is 12.5 Å². The Balaban J connectivity index is 1.80. The molecular formula is C17H13BrN2O6S3. The number of carbonyl (C=O) groups is 3. The summed E-state index contributed by atoms with van der Waals surface area (Å²) >= 11 is 9.59. The minimum atomic E-state index is -3.23. The van der Waals surface area contributed by atoms with Crippen LogP contribution in [0.25, 0.3) is 5.57 Å². The molecule has 0 radical (unpaired) electrons. The van der Waals surface area contributed by atoms with Crippen molar-refractivity contribution in [2.75, 3.05) is 23.0 Å². The molecule has 1 aromatic rings. The molecule has 0 bridgehead atoms. The molecule has 1 N–H and O–H groups in total. The molecule has 2 amide bonds. The summed E-state index contributed by atoms with van der Waals surface area (Å²) in [7, 11) is -3.23. The molecule has 1 aromatic carbocycles. The van der Waals surface area contributed by atoms with Crippen LogP contribution in [0.1, 0.15) is 12.0 Å². The van der Waals surface area contributed by atoms with Crippen LogP contribution in [0.4, 0.5) is 5.69 Å². The largest absolute Gasteiger partial charge is 0.480 e. The molecular weight excluding hydrogens is 504 g/mol. The summed E-state index contributed by atoms with van der Waals surface area (Å²) < 4.78 is 24.5. The Hall–Kier alpha value is -1.76. The van der Waals surface area contributed by atoms with Crippen LogP contribution < -0.4 is 4.90 Å². The Kier molecular flexibility index (Phi) is 5.08. The monoisotopic (exact) mass is 516 g/mol. The van der Waals surface area contributed by atoms with Gasteiger partial charge in [-0.2, -0.15) is 0 Å². The molecule has 8 nitrogen and oxygen atoms in total. The molecule has 29 heavy (non-hydrogen) atoms. The summed E-state index contributed by atoms with van der Waals surface area (Å²) in [6.45, 7) is -0.544. The normalized spacial score (nSPS) is 25.8. The number of fused-ring (bicyclic) bond motifs is 1. The number of thioether (sulfide) groups is 1. The number of sulfone groups is 1. The van der Waals surface area contributed by atoms with Crippen molar-refractivity contribution in [1.29, 1.82) is 0 Å². The first-order valence-electron chi connectivity index (χ1n) is 8.42. The third-order valence-corrected chi connectivity index (χ3v) is 8.52. The SMILES string of the molecule is O=C(O)CN1C(=O)/C(=C2/SC(=S)N(C3CCS(=O)(=O)C3)C2=O)c2cc(Br)ccc21. The van der Waals surface area contributed by atoms with E-state index in [1.807, 2.05) is 0 Å². The number of carbonyl (C=O) groups excluding carboxylic acids is 2. The van der Waals surface area contributed by atoms with E-state index in [1.54, 1.807) is 18.2 Å². The van der Waals surface area contributed by atoms with E-state index in [1.165, 1.54) is 4.90 Å². The highest BCUT2D eigenvalue weighted by Crippen LogP contribution is 2.46. The summed E-state index contributed by atoms with van der Waals surface area (Å²) in [6.07, 6.45) is 0.290. The van der Waals surface area contributed by atoms with Crippen LogP contribution in [0.2, 0.25) is 0 Å². The molecule has 4 rings (SSSR count). The van der Waals surface area contributed by atoms with E-state index in [9.17, 15) is 27.9 Å². The molecule has 3 heterocycles. The molecule has 2 fully saturated rings. The Morgan fingerprint density at radius 1 is 1.31 bits per heavy atom. The summed E-state index contributed by atoms with van der Waals surface area (Å²) in [6, 6.07) is 4.38. The van der Waals surface area contributed by atoms with Gasteiger partial charge in [0.15, 0.2) is 9.84 Å². The first kappa shape index (κ1) is 20.5. The van der Waals surface area contributed by atoms with Crippen LogP contribution in [-0.2, 0) is 24.2 Å². The van der Waals surface area contributed by atoms with E-state index in [-0.39, 0.29) is 26.3 Å². The summed E-state index contributed by atoms with van der Waals surface area (Å²) in [4.78, 5) is 39.9. The van der Waals surface area contributed by atoms with E-state index in [0.717, 1.165) is 16.7 Å². The number of nitrogens with zero attached hydrogens (tertiary/aromatic N) is 2. The van der Waals surface area contributed by atoms with Gasteiger partial charge < -0.3 is 5.11 Å². The van der Waals surface area contributed by atoms with E-state index in [4.69, 9.17) is 12.2 Å². The molecule has 2 saturated heterocycles. The molecule has 0 spiro atoms. The smallest absolute Gasteiger partial charge is 0.323 e. The van der Waals surface area contributed by atoms with E-state index < -0.39 is 40.2 Å². The standard InChI is InChI=1S/C17H13BrN2O6S3/c18-8-1-2-11-10(5-8)13(15(23)19(11)6-12(21)22)14-16(24)20(17(27)28-14)9-3-4-29(25,26)7-9/h1-2,5,9H,3-4,6-7H2,(H,21,22)/b14-13+. The number of amides is 2. The number of carboxylic acid groups (broad SMARTS) is 1. The lowest BCUT2D eigenvalue weighted by Crippen LogP contribution is -2.39. The molecule has 3 aliphatic rings. The third kappa shape index (κ3) is 3.51. The molecule has 0 saturated carbocycles. The zero-order valence-electron chi connectivity index (χ0n) is 14.6. The van der Waals surface area contributed by atoms with Crippen molar-refractivity contribution in [3.63, 3.8) is 0 Å². The predicted molar refractivity (Wildman–Crippen MR) is 115 cm³/mol. The number of hydrogen-bond donors (Lipinski definition) is 1. The predicted octanol–water partition coefficient (Wildman–Crippen LogP) is 1.64. The molecule has 152 valence electrons. The number of carboxylic acids is 1. The zero-order valence-corrected chi connectivity index (χ0v) is 18.7. The topological polar surface area (TPSA) is 112 Å². The fraction of sp³-hybridized carbons (Fsp3) is 0.294. The first-order chi connectivity index (χ1) is 13.6. The minimum Gasteiger partial charge on any atom is -0.480 e. The lowest BCUT2D eigenvalue weighted by atomic mass is 10.1. The van der Waals surface area contributed by atoms with Gasteiger partial charge >= 0.3 is 5.97 Å². The molecule has 0 aliphatic carbocycles. The van der Waals surface area contributed by atoms with Gasteiger partial charge in [0.25, 0.3) is 11.8 Å². The Bertz CT molecular complexity index is 1130. The maximum Gasteiger partial charge on any atom is 0.323 e. The quantitative estimate of drug-likeness (QED) is 0.476. The number of aliphatic carboxylic acids is 1. The lowest BCUT2D eigenvalue weighted by molar-refractivity contribution is -0.136. The minimum absolute atomic E-state index is 0.0122. The van der Waals surface area contributed by atoms with Crippen LogP contribution in [-0.4, -0.2) is 64.6 Å². The number of thiocarbonyl (C=S) groups is 1. The van der Waals surface area contributed by atoms with E-state index >= 15 is 0 Å². The van der Waals surface area contributed by atoms with Crippen molar-refractivity contribution >= 4 is 83.1 Å². The first-order valence-corrected chi connectivity index (χ1v) is 12.3. The summed E-state index contributed by atoms with van der Waals surface area (Å²) in [5.41, 5.74) is 0.915. The van der Waals surface area contributed by atoms with Gasteiger partial charge in [-0.25, -0.2) is 8.42 Å². The van der Waals surface area contributed by atoms with Crippen molar-refractivity contribution in [3.05, 3.63) is 33.1 Å². The van der Waals surface area contributed by atoms with Crippen LogP contribution >= 0.6 is 39.9 Å². The van der Waals surface area contributed by atoms with Gasteiger partial charge in [0.05, 0.1) is 33.7 Å².